The van der Waals surface area contributed by atoms with Crippen molar-refractivity contribution in [1.29, 1.82) is 0 Å². The molecule has 1 aliphatic heterocycles. The van der Waals surface area contributed by atoms with E-state index in [4.69, 9.17) is 21.1 Å². The number of benzene rings is 1. The van der Waals surface area contributed by atoms with Crippen molar-refractivity contribution in [3.8, 4) is 11.5 Å². The van der Waals surface area contributed by atoms with E-state index in [0.717, 1.165) is 43.9 Å². The van der Waals surface area contributed by atoms with Crippen LogP contribution in [0.15, 0.2) is 12.1 Å². The van der Waals surface area contributed by atoms with E-state index in [9.17, 15) is 0 Å². The van der Waals surface area contributed by atoms with E-state index < -0.39 is 0 Å². The first-order chi connectivity index (χ1) is 10.1. The molecule has 1 aliphatic rings. The average Bonchev–Trinajstić information content (AvgIpc) is 2.54. The van der Waals surface area contributed by atoms with Gasteiger partial charge < -0.3 is 19.7 Å². The van der Waals surface area contributed by atoms with Gasteiger partial charge in [0.15, 0.2) is 0 Å². The smallest absolute Gasteiger partial charge is 0.143 e. The molecule has 118 valence electrons. The number of anilines is 1. The standard InChI is InChI=1S/C16H25ClN2O2/c1-5-16(6-2)11-19(8-7-18-16)13-10-14(20-3)12(17)9-15(13)21-4/h9-10,18H,5-8,11H2,1-4H3. The van der Waals surface area contributed by atoms with Crippen molar-refractivity contribution in [2.24, 2.45) is 0 Å². The second kappa shape index (κ2) is 6.75. The van der Waals surface area contributed by atoms with Crippen LogP contribution in [0.3, 0.4) is 0 Å². The van der Waals surface area contributed by atoms with Crippen molar-refractivity contribution in [2.75, 3.05) is 38.8 Å². The van der Waals surface area contributed by atoms with Gasteiger partial charge >= 0.3 is 0 Å². The fraction of sp³-hybridized carbons (Fsp3) is 0.625. The van der Waals surface area contributed by atoms with Crippen molar-refractivity contribution >= 4 is 17.3 Å². The minimum Gasteiger partial charge on any atom is -0.495 e. The molecule has 0 bridgehead atoms. The summed E-state index contributed by atoms with van der Waals surface area (Å²) in [5.74, 6) is 1.48. The van der Waals surface area contributed by atoms with Gasteiger partial charge in [0.25, 0.3) is 0 Å². The lowest BCUT2D eigenvalue weighted by atomic mass is 9.90. The largest absolute Gasteiger partial charge is 0.495 e. The molecule has 0 saturated carbocycles. The number of hydrogen-bond donors (Lipinski definition) is 1. The molecule has 1 saturated heterocycles. The van der Waals surface area contributed by atoms with Gasteiger partial charge in [0.1, 0.15) is 11.5 Å². The number of nitrogens with one attached hydrogen (secondary N) is 1. The number of methoxy groups -OCH3 is 2. The third-order valence-electron chi connectivity index (χ3n) is 4.52. The molecule has 1 N–H and O–H groups in total. The predicted molar refractivity (Wildman–Crippen MR) is 88.1 cm³/mol. The molecule has 0 aliphatic carbocycles. The highest BCUT2D eigenvalue weighted by Crippen LogP contribution is 2.39. The Morgan fingerprint density at radius 2 is 1.86 bits per heavy atom. The fourth-order valence-electron chi connectivity index (χ4n) is 2.98. The lowest BCUT2D eigenvalue weighted by Crippen LogP contribution is -2.60. The van der Waals surface area contributed by atoms with Crippen LogP contribution in [0.25, 0.3) is 0 Å². The zero-order valence-electron chi connectivity index (χ0n) is 13.3. The van der Waals surface area contributed by atoms with Crippen LogP contribution in [0, 0.1) is 0 Å². The molecule has 0 spiro atoms. The lowest BCUT2D eigenvalue weighted by molar-refractivity contribution is 0.276. The molecule has 1 fully saturated rings. The Balaban J connectivity index is 2.36. The minimum absolute atomic E-state index is 0.163. The molecular formula is C16H25ClN2O2. The first-order valence-corrected chi connectivity index (χ1v) is 7.88. The molecule has 0 aromatic heterocycles. The molecular weight excluding hydrogens is 288 g/mol. The quantitative estimate of drug-likeness (QED) is 0.904. The van der Waals surface area contributed by atoms with Gasteiger partial charge in [-0.2, -0.15) is 0 Å². The summed E-state index contributed by atoms with van der Waals surface area (Å²) in [6, 6.07) is 3.81. The van der Waals surface area contributed by atoms with Gasteiger partial charge in [0.05, 0.1) is 24.9 Å². The Kier molecular flexibility index (Phi) is 5.22. The zero-order valence-corrected chi connectivity index (χ0v) is 14.1. The summed E-state index contributed by atoms with van der Waals surface area (Å²) >= 11 is 6.19. The highest BCUT2D eigenvalue weighted by atomic mass is 35.5. The topological polar surface area (TPSA) is 33.7 Å². The van der Waals surface area contributed by atoms with Crippen LogP contribution in [0.2, 0.25) is 5.02 Å². The monoisotopic (exact) mass is 312 g/mol. The molecule has 0 unspecified atom stereocenters. The summed E-state index contributed by atoms with van der Waals surface area (Å²) < 4.78 is 10.9. The van der Waals surface area contributed by atoms with E-state index in [-0.39, 0.29) is 5.54 Å². The number of nitrogens with zero attached hydrogens (tertiary/aromatic N) is 1. The Morgan fingerprint density at radius 1 is 1.19 bits per heavy atom. The average molecular weight is 313 g/mol. The SMILES string of the molecule is CCC1(CC)CN(c2cc(OC)c(Cl)cc2OC)CCN1. The van der Waals surface area contributed by atoms with E-state index in [1.807, 2.05) is 12.1 Å². The Hall–Kier alpha value is -1.13. The third kappa shape index (κ3) is 3.22. The summed E-state index contributed by atoms with van der Waals surface area (Å²) in [5.41, 5.74) is 1.21. The van der Waals surface area contributed by atoms with E-state index >= 15 is 0 Å². The van der Waals surface area contributed by atoms with E-state index in [1.165, 1.54) is 0 Å². The van der Waals surface area contributed by atoms with E-state index in [0.29, 0.717) is 10.8 Å². The molecule has 5 heteroatoms. The lowest BCUT2D eigenvalue weighted by Gasteiger charge is -2.44. The van der Waals surface area contributed by atoms with Gasteiger partial charge in [-0.05, 0) is 12.8 Å². The molecule has 1 aromatic carbocycles. The van der Waals surface area contributed by atoms with E-state index in [1.54, 1.807) is 14.2 Å². The number of halogens is 1. The predicted octanol–water partition coefficient (Wildman–Crippen LogP) is 3.33. The maximum absolute atomic E-state index is 6.19. The van der Waals surface area contributed by atoms with Crippen molar-refractivity contribution in [1.82, 2.24) is 5.32 Å². The molecule has 1 aromatic rings. The summed E-state index contributed by atoms with van der Waals surface area (Å²) in [7, 11) is 3.31. The molecule has 2 rings (SSSR count). The van der Waals surface area contributed by atoms with Gasteiger partial charge in [-0.1, -0.05) is 25.4 Å². The number of piperazine rings is 1. The van der Waals surface area contributed by atoms with Crippen molar-refractivity contribution in [3.63, 3.8) is 0 Å². The highest BCUT2D eigenvalue weighted by molar-refractivity contribution is 6.32. The molecule has 4 nitrogen and oxygen atoms in total. The fourth-order valence-corrected chi connectivity index (χ4v) is 3.21. The van der Waals surface area contributed by atoms with Crippen LogP contribution in [0.5, 0.6) is 11.5 Å². The Labute approximate surface area is 132 Å². The van der Waals surface area contributed by atoms with Crippen LogP contribution < -0.4 is 19.7 Å². The Bertz CT molecular complexity index is 489. The molecule has 21 heavy (non-hydrogen) atoms. The Morgan fingerprint density at radius 3 is 2.43 bits per heavy atom. The molecule has 0 radical (unpaired) electrons. The van der Waals surface area contributed by atoms with Crippen LogP contribution >= 0.6 is 11.6 Å². The number of ether oxygens (including phenoxy) is 2. The number of rotatable bonds is 5. The second-order valence-corrected chi connectivity index (χ2v) is 5.90. The van der Waals surface area contributed by atoms with Gasteiger partial charge in [0.2, 0.25) is 0 Å². The van der Waals surface area contributed by atoms with Gasteiger partial charge in [-0.15, -0.1) is 0 Å². The first kappa shape index (κ1) is 16.2. The number of hydrogen-bond acceptors (Lipinski definition) is 4. The second-order valence-electron chi connectivity index (χ2n) is 5.49. The molecule has 0 atom stereocenters. The summed E-state index contributed by atoms with van der Waals surface area (Å²) in [6.45, 7) is 7.35. The summed E-state index contributed by atoms with van der Waals surface area (Å²) in [5, 5.41) is 4.24. The zero-order chi connectivity index (χ0) is 15.5. The van der Waals surface area contributed by atoms with Crippen LogP contribution in [-0.2, 0) is 0 Å². The third-order valence-corrected chi connectivity index (χ3v) is 4.82. The van der Waals surface area contributed by atoms with Crippen molar-refractivity contribution in [2.45, 2.75) is 32.2 Å². The summed E-state index contributed by atoms with van der Waals surface area (Å²) in [4.78, 5) is 2.36. The maximum atomic E-state index is 6.19. The molecule has 0 amide bonds. The van der Waals surface area contributed by atoms with Gasteiger partial charge in [-0.3, -0.25) is 0 Å². The van der Waals surface area contributed by atoms with Crippen LogP contribution in [0.1, 0.15) is 26.7 Å². The minimum atomic E-state index is 0.163. The van der Waals surface area contributed by atoms with Gasteiger partial charge in [-0.25, -0.2) is 0 Å². The van der Waals surface area contributed by atoms with Crippen molar-refractivity contribution < 1.29 is 9.47 Å². The van der Waals surface area contributed by atoms with Crippen LogP contribution in [0.4, 0.5) is 5.69 Å². The highest BCUT2D eigenvalue weighted by Gasteiger charge is 2.33. The van der Waals surface area contributed by atoms with Gasteiger partial charge in [0, 0.05) is 37.3 Å². The van der Waals surface area contributed by atoms with Crippen LogP contribution in [-0.4, -0.2) is 39.4 Å². The summed E-state index contributed by atoms with van der Waals surface area (Å²) in [6.07, 6.45) is 2.21. The molecule has 1 heterocycles. The van der Waals surface area contributed by atoms with Crippen molar-refractivity contribution in [3.05, 3.63) is 17.2 Å². The maximum Gasteiger partial charge on any atom is 0.143 e. The first-order valence-electron chi connectivity index (χ1n) is 7.50. The normalized spacial score (nSPS) is 17.7. The van der Waals surface area contributed by atoms with E-state index in [2.05, 4.69) is 24.1 Å².